The van der Waals surface area contributed by atoms with E-state index in [1.54, 1.807) is 21.8 Å². The number of hydrogen-bond acceptors (Lipinski definition) is 12. The molecule has 7 rings (SSSR count). The number of benzene rings is 3. The smallest absolute Gasteiger partial charge is 0.249 e. The number of carbonyl (C=O) groups excluding carboxylic acids is 5. The van der Waals surface area contributed by atoms with Crippen LogP contribution >= 0.6 is 0 Å². The molecule has 18 heteroatoms. The number of piperidine rings is 1. The Morgan fingerprint density at radius 1 is 0.933 bits per heavy atom. The minimum atomic E-state index is -0.544. The molecule has 0 radical (unpaired) electrons. The fourth-order valence-electron chi connectivity index (χ4n) is 7.11. The quantitative estimate of drug-likeness (QED) is 0.0551. The number of nitrogens with one attached hydrogen (secondary N) is 6. The van der Waals surface area contributed by atoms with Crippen molar-refractivity contribution in [2.45, 2.75) is 50.9 Å². The van der Waals surface area contributed by atoms with Crippen LogP contribution in [-0.2, 0) is 36.9 Å². The van der Waals surface area contributed by atoms with Gasteiger partial charge in [0, 0.05) is 81.2 Å². The van der Waals surface area contributed by atoms with Gasteiger partial charge in [-0.2, -0.15) is 5.10 Å². The van der Waals surface area contributed by atoms with E-state index in [0.29, 0.717) is 83.0 Å². The number of hydrazine groups is 1. The Morgan fingerprint density at radius 3 is 2.42 bits per heavy atom. The monoisotopic (exact) mass is 828 g/mol. The van der Waals surface area contributed by atoms with E-state index < -0.39 is 17.7 Å². The second-order valence-corrected chi connectivity index (χ2v) is 14.5. The van der Waals surface area contributed by atoms with E-state index in [0.717, 1.165) is 40.5 Å². The lowest BCUT2D eigenvalue weighted by Gasteiger charge is -2.36. The van der Waals surface area contributed by atoms with Crippen LogP contribution in [0.3, 0.4) is 0 Å². The Balaban J connectivity index is 0.000000251. The third kappa shape index (κ3) is 12.2. The molecule has 2 fully saturated rings. The van der Waals surface area contributed by atoms with Gasteiger partial charge in [0.1, 0.15) is 29.5 Å². The van der Waals surface area contributed by atoms with E-state index in [1.807, 2.05) is 49.5 Å². The lowest BCUT2D eigenvalue weighted by atomic mass is 10.0. The van der Waals surface area contributed by atoms with Crippen LogP contribution in [0.1, 0.15) is 59.0 Å². The van der Waals surface area contributed by atoms with Gasteiger partial charge in [0.15, 0.2) is 6.29 Å². The van der Waals surface area contributed by atoms with E-state index in [1.165, 1.54) is 12.1 Å². The number of rotatable bonds is 16. The maximum absolute atomic E-state index is 13.2. The van der Waals surface area contributed by atoms with E-state index in [4.69, 9.17) is 4.74 Å². The molecule has 0 bridgehead atoms. The summed E-state index contributed by atoms with van der Waals surface area (Å²) in [4.78, 5) is 62.8. The van der Waals surface area contributed by atoms with Crippen molar-refractivity contribution in [3.05, 3.63) is 107 Å². The number of anilines is 3. The van der Waals surface area contributed by atoms with Gasteiger partial charge in [-0.25, -0.2) is 14.2 Å². The van der Waals surface area contributed by atoms with Gasteiger partial charge in [0.25, 0.3) is 0 Å². The van der Waals surface area contributed by atoms with Gasteiger partial charge in [-0.1, -0.05) is 12.1 Å². The minimum absolute atomic E-state index is 0.0363. The number of halogens is 2. The van der Waals surface area contributed by atoms with Crippen LogP contribution in [-0.4, -0.2) is 104 Å². The lowest BCUT2D eigenvalue weighted by Crippen LogP contribution is -2.49. The number of aromatic nitrogens is 2. The van der Waals surface area contributed by atoms with Gasteiger partial charge in [0.2, 0.25) is 23.6 Å². The molecular formula is C42H50F2N10O6. The first kappa shape index (κ1) is 43.3. The summed E-state index contributed by atoms with van der Waals surface area (Å²) in [5.41, 5.74) is 12.2. The second-order valence-electron chi connectivity index (χ2n) is 14.5. The highest BCUT2D eigenvalue weighted by Crippen LogP contribution is 2.28. The van der Waals surface area contributed by atoms with Crippen molar-refractivity contribution in [1.29, 1.82) is 0 Å². The first-order chi connectivity index (χ1) is 29.1. The highest BCUT2D eigenvalue weighted by atomic mass is 19.1. The molecule has 0 aliphatic carbocycles. The summed E-state index contributed by atoms with van der Waals surface area (Å²) < 4.78 is 33.4. The van der Waals surface area contributed by atoms with Crippen LogP contribution in [0.15, 0.2) is 72.9 Å². The lowest BCUT2D eigenvalue weighted by molar-refractivity contribution is -0.134. The molecule has 318 valence electrons. The van der Waals surface area contributed by atoms with Gasteiger partial charge in [-0.3, -0.25) is 39.3 Å². The highest BCUT2D eigenvalue weighted by molar-refractivity contribution is 6.01. The Kier molecular flexibility index (Phi) is 15.3. The molecular weight excluding hydrogens is 779 g/mol. The number of hydrogen-bond donors (Lipinski definition) is 6. The Bertz CT molecular complexity index is 2110. The predicted octanol–water partition coefficient (Wildman–Crippen LogP) is 2.88. The number of aldehydes is 1. The second kappa shape index (κ2) is 21.1. The Labute approximate surface area is 346 Å². The third-order valence-corrected chi connectivity index (χ3v) is 10.3. The van der Waals surface area contributed by atoms with E-state index in [2.05, 4.69) is 42.1 Å². The molecule has 3 aromatic carbocycles. The molecule has 2 saturated heterocycles. The van der Waals surface area contributed by atoms with Crippen LogP contribution in [0.25, 0.3) is 0 Å². The molecule has 6 N–H and O–H groups in total. The summed E-state index contributed by atoms with van der Waals surface area (Å²) in [6.07, 6.45) is 3.89. The van der Waals surface area contributed by atoms with Gasteiger partial charge in [0.05, 0.1) is 25.4 Å². The first-order valence-electron chi connectivity index (χ1n) is 19.9. The molecule has 3 aliphatic rings. The third-order valence-electron chi connectivity index (χ3n) is 10.3. The zero-order valence-corrected chi connectivity index (χ0v) is 33.3. The normalized spacial score (nSPS) is 17.2. The number of piperazine rings is 1. The van der Waals surface area contributed by atoms with E-state index in [9.17, 15) is 32.8 Å². The summed E-state index contributed by atoms with van der Waals surface area (Å²) in [6.45, 7) is 4.00. The molecule has 4 aromatic rings. The predicted molar refractivity (Wildman–Crippen MR) is 220 cm³/mol. The maximum atomic E-state index is 13.2. The van der Waals surface area contributed by atoms with E-state index >= 15 is 0 Å². The van der Waals surface area contributed by atoms with Crippen LogP contribution in [0.2, 0.25) is 0 Å². The zero-order valence-electron chi connectivity index (χ0n) is 33.3. The average Bonchev–Trinajstić information content (AvgIpc) is 3.88. The number of imide groups is 1. The van der Waals surface area contributed by atoms with Gasteiger partial charge in [-0.15, -0.1) is 0 Å². The Hall–Kier alpha value is -6.24. The number of fused-ring (bicyclic) bond motifs is 1. The van der Waals surface area contributed by atoms with Crippen molar-refractivity contribution in [1.82, 2.24) is 36.1 Å². The molecule has 2 atom stereocenters. The fraction of sp³-hybridized carbons (Fsp3) is 0.381. The standard InChI is InChI=1S/C27H35N7O6.C15H15F2N3/c35-19-22-9-10-29-34(22)16-18-40-17-11-28-24(36)7-8-26(38)33-14-12-32(13-15-33)21-3-1-20(2-4-21)30-23-5-6-25(37)31-27(23)39;1-18-15-13-7-9(2-3-14(13)19-20-15)4-10-5-11(16)8-12(17)6-10/h1-4,9-10,19,23,30H,5-8,11-18H2,(H,28,36)(H,31,37,39);2-3,5-8,15,18-20H,4H2,1H3. The number of carbonyl (C=O) groups is 5. The van der Waals surface area contributed by atoms with Crippen molar-refractivity contribution in [3.63, 3.8) is 0 Å². The maximum Gasteiger partial charge on any atom is 0.249 e. The molecule has 4 heterocycles. The average molecular weight is 829 g/mol. The molecule has 0 spiro atoms. The van der Waals surface area contributed by atoms with E-state index in [-0.39, 0.29) is 42.6 Å². The molecule has 3 aliphatic heterocycles. The van der Waals surface area contributed by atoms with Crippen molar-refractivity contribution in [3.8, 4) is 0 Å². The number of nitrogens with zero attached hydrogens (tertiary/aromatic N) is 4. The van der Waals surface area contributed by atoms with Crippen LogP contribution in [0, 0.1) is 11.6 Å². The number of amides is 4. The first-order valence-corrected chi connectivity index (χ1v) is 19.9. The van der Waals surface area contributed by atoms with Crippen molar-refractivity contribution < 1.29 is 37.5 Å². The molecule has 16 nitrogen and oxygen atoms in total. The molecule has 2 unspecified atom stereocenters. The topological polar surface area (TPSA) is 191 Å². The van der Waals surface area contributed by atoms with Gasteiger partial charge >= 0.3 is 0 Å². The zero-order chi connectivity index (χ0) is 42.4. The van der Waals surface area contributed by atoms with Crippen molar-refractivity contribution in [2.75, 3.05) is 68.6 Å². The summed E-state index contributed by atoms with van der Waals surface area (Å²) >= 11 is 0. The van der Waals surface area contributed by atoms with Gasteiger partial charge in [-0.05, 0) is 79.5 Å². The van der Waals surface area contributed by atoms with Crippen LogP contribution in [0.4, 0.5) is 25.8 Å². The van der Waals surface area contributed by atoms with Gasteiger partial charge < -0.3 is 30.6 Å². The largest absolute Gasteiger partial charge is 0.378 e. The fourth-order valence-corrected chi connectivity index (χ4v) is 7.11. The Morgan fingerprint density at radius 2 is 1.70 bits per heavy atom. The SMILES string of the molecule is CNC1NNc2ccc(Cc3cc(F)cc(F)c3)cc21.O=Cc1ccnn1CCOCCNC(=O)CCC(=O)N1CCN(c2ccc(NC3CCC(=O)NC3=O)cc2)CC1. The summed E-state index contributed by atoms with van der Waals surface area (Å²) in [5.74, 6) is -1.87. The molecule has 0 saturated carbocycles. The summed E-state index contributed by atoms with van der Waals surface area (Å²) in [6, 6.07) is 18.5. The van der Waals surface area contributed by atoms with Crippen LogP contribution in [0.5, 0.6) is 0 Å². The van der Waals surface area contributed by atoms with Crippen molar-refractivity contribution >= 4 is 47.0 Å². The van der Waals surface area contributed by atoms with Crippen molar-refractivity contribution in [2.24, 2.45) is 0 Å². The highest BCUT2D eigenvalue weighted by Gasteiger charge is 2.27. The minimum Gasteiger partial charge on any atom is -0.378 e. The molecule has 4 amide bonds. The summed E-state index contributed by atoms with van der Waals surface area (Å²) in [7, 11) is 1.86. The molecule has 1 aromatic heterocycles. The molecule has 60 heavy (non-hydrogen) atoms. The number of ether oxygens (including phenoxy) is 1. The van der Waals surface area contributed by atoms with Crippen LogP contribution < -0.4 is 37.0 Å². The summed E-state index contributed by atoms with van der Waals surface area (Å²) in [5, 5.41) is 15.4.